The molecule has 1 unspecified atom stereocenters. The average Bonchev–Trinajstić information content (AvgIpc) is 2.81. The molecule has 2 rings (SSSR count). The van der Waals surface area contributed by atoms with Crippen molar-refractivity contribution in [2.45, 2.75) is 26.3 Å². The first kappa shape index (κ1) is 12.9. The first-order valence-electron chi connectivity index (χ1n) is 6.36. The fourth-order valence-electron chi connectivity index (χ4n) is 2.21. The Kier molecular flexibility index (Phi) is 4.20. The number of rotatable bonds is 4. The van der Waals surface area contributed by atoms with Gasteiger partial charge in [0, 0.05) is 12.6 Å². The van der Waals surface area contributed by atoms with E-state index < -0.39 is 0 Å². The normalized spacial score (nSPS) is 18.7. The molecule has 1 heterocycles. The predicted octanol–water partition coefficient (Wildman–Crippen LogP) is 1.16. The topological polar surface area (TPSA) is 50.4 Å². The second-order valence-electron chi connectivity index (χ2n) is 4.77. The molecule has 18 heavy (non-hydrogen) atoms. The first-order valence-corrected chi connectivity index (χ1v) is 6.36. The van der Waals surface area contributed by atoms with E-state index in [1.54, 1.807) is 0 Å². The van der Waals surface area contributed by atoms with Crippen molar-refractivity contribution in [1.29, 1.82) is 0 Å². The number of hydrogen-bond acceptors (Lipinski definition) is 3. The van der Waals surface area contributed by atoms with Gasteiger partial charge in [-0.05, 0) is 37.9 Å². The van der Waals surface area contributed by atoms with Crippen LogP contribution in [0.4, 0.5) is 0 Å². The van der Waals surface area contributed by atoms with E-state index in [2.05, 4.69) is 10.6 Å². The maximum atomic E-state index is 11.7. The first-order chi connectivity index (χ1) is 8.66. The Hall–Kier alpha value is -1.55. The van der Waals surface area contributed by atoms with Crippen LogP contribution < -0.4 is 15.4 Å². The second-order valence-corrected chi connectivity index (χ2v) is 4.77. The molecule has 1 saturated heterocycles. The molecule has 0 bridgehead atoms. The van der Waals surface area contributed by atoms with E-state index in [9.17, 15) is 4.79 Å². The fourth-order valence-corrected chi connectivity index (χ4v) is 2.21. The molecule has 1 aromatic rings. The third kappa shape index (κ3) is 3.23. The van der Waals surface area contributed by atoms with Gasteiger partial charge in [0.15, 0.2) is 6.61 Å². The van der Waals surface area contributed by atoms with Crippen LogP contribution in [0.5, 0.6) is 5.75 Å². The van der Waals surface area contributed by atoms with Gasteiger partial charge in [-0.2, -0.15) is 0 Å². The quantitative estimate of drug-likeness (QED) is 0.840. The Morgan fingerprint density at radius 2 is 2.17 bits per heavy atom. The van der Waals surface area contributed by atoms with Crippen LogP contribution in [0.25, 0.3) is 0 Å². The van der Waals surface area contributed by atoms with E-state index in [4.69, 9.17) is 4.74 Å². The molecule has 1 aliphatic rings. The maximum Gasteiger partial charge on any atom is 0.258 e. The van der Waals surface area contributed by atoms with Crippen LogP contribution in [0.3, 0.4) is 0 Å². The number of benzene rings is 1. The fraction of sp³-hybridized carbons (Fsp3) is 0.500. The van der Waals surface area contributed by atoms with Gasteiger partial charge in [0.05, 0.1) is 0 Å². The molecule has 1 aromatic carbocycles. The Labute approximate surface area is 108 Å². The summed E-state index contributed by atoms with van der Waals surface area (Å²) < 4.78 is 5.61. The second kappa shape index (κ2) is 5.87. The number of nitrogens with one attached hydrogen (secondary N) is 2. The van der Waals surface area contributed by atoms with Crippen molar-refractivity contribution in [3.8, 4) is 5.75 Å². The van der Waals surface area contributed by atoms with E-state index in [0.29, 0.717) is 0 Å². The van der Waals surface area contributed by atoms with E-state index in [-0.39, 0.29) is 18.6 Å². The molecule has 0 aliphatic carbocycles. The summed E-state index contributed by atoms with van der Waals surface area (Å²) in [6.07, 6.45) is 0.995. The van der Waals surface area contributed by atoms with Crippen molar-refractivity contribution in [3.05, 3.63) is 29.3 Å². The zero-order chi connectivity index (χ0) is 13.0. The minimum absolute atomic E-state index is 0.0497. The molecule has 0 spiro atoms. The van der Waals surface area contributed by atoms with Crippen molar-refractivity contribution >= 4 is 5.91 Å². The third-order valence-corrected chi connectivity index (χ3v) is 3.18. The summed E-state index contributed by atoms with van der Waals surface area (Å²) in [5.41, 5.74) is 2.12. The molecular weight excluding hydrogens is 228 g/mol. The Morgan fingerprint density at radius 3 is 2.78 bits per heavy atom. The number of carbonyl (C=O) groups excluding carboxylic acids is 1. The lowest BCUT2D eigenvalue weighted by Gasteiger charge is -2.14. The van der Waals surface area contributed by atoms with Gasteiger partial charge < -0.3 is 15.4 Å². The van der Waals surface area contributed by atoms with Gasteiger partial charge in [-0.3, -0.25) is 4.79 Å². The number of ether oxygens (including phenoxy) is 1. The van der Waals surface area contributed by atoms with Crippen LogP contribution in [0.1, 0.15) is 17.5 Å². The molecule has 98 valence electrons. The zero-order valence-electron chi connectivity index (χ0n) is 11.0. The predicted molar refractivity (Wildman–Crippen MR) is 70.8 cm³/mol. The van der Waals surface area contributed by atoms with Gasteiger partial charge in [0.25, 0.3) is 5.91 Å². The zero-order valence-corrected chi connectivity index (χ0v) is 11.0. The van der Waals surface area contributed by atoms with Crippen molar-refractivity contribution in [1.82, 2.24) is 10.6 Å². The SMILES string of the molecule is Cc1cccc(C)c1OCC(=O)NC1CCNC1. The summed E-state index contributed by atoms with van der Waals surface area (Å²) in [6.45, 7) is 5.89. The molecule has 4 nitrogen and oxygen atoms in total. The van der Waals surface area contributed by atoms with Crippen molar-refractivity contribution in [2.75, 3.05) is 19.7 Å². The van der Waals surface area contributed by atoms with E-state index in [1.807, 2.05) is 32.0 Å². The number of aryl methyl sites for hydroxylation is 2. The van der Waals surface area contributed by atoms with Crippen molar-refractivity contribution in [2.24, 2.45) is 0 Å². The van der Waals surface area contributed by atoms with Crippen LogP contribution in [0.2, 0.25) is 0 Å². The summed E-state index contributed by atoms with van der Waals surface area (Å²) in [6, 6.07) is 6.21. The highest BCUT2D eigenvalue weighted by Gasteiger charge is 2.17. The highest BCUT2D eigenvalue weighted by Crippen LogP contribution is 2.21. The molecule has 1 fully saturated rings. The largest absolute Gasteiger partial charge is 0.483 e. The van der Waals surface area contributed by atoms with Gasteiger partial charge >= 0.3 is 0 Å². The van der Waals surface area contributed by atoms with E-state index >= 15 is 0 Å². The Morgan fingerprint density at radius 1 is 1.44 bits per heavy atom. The summed E-state index contributed by atoms with van der Waals surface area (Å²) in [5.74, 6) is 0.767. The number of carbonyl (C=O) groups is 1. The van der Waals surface area contributed by atoms with Gasteiger partial charge in [-0.1, -0.05) is 18.2 Å². The van der Waals surface area contributed by atoms with Crippen LogP contribution in [0.15, 0.2) is 18.2 Å². The highest BCUT2D eigenvalue weighted by atomic mass is 16.5. The molecule has 0 radical (unpaired) electrons. The summed E-state index contributed by atoms with van der Waals surface area (Å²) in [4.78, 5) is 11.7. The summed E-state index contributed by atoms with van der Waals surface area (Å²) in [7, 11) is 0. The van der Waals surface area contributed by atoms with Gasteiger partial charge in [0.2, 0.25) is 0 Å². The lowest BCUT2D eigenvalue weighted by Crippen LogP contribution is -2.39. The van der Waals surface area contributed by atoms with Crippen molar-refractivity contribution < 1.29 is 9.53 Å². The summed E-state index contributed by atoms with van der Waals surface area (Å²) in [5, 5.41) is 6.18. The minimum atomic E-state index is -0.0497. The standard InChI is InChI=1S/C14H20N2O2/c1-10-4-3-5-11(2)14(10)18-9-13(17)16-12-6-7-15-8-12/h3-5,12,15H,6-9H2,1-2H3,(H,16,17). The third-order valence-electron chi connectivity index (χ3n) is 3.18. The lowest BCUT2D eigenvalue weighted by molar-refractivity contribution is -0.123. The number of amides is 1. The number of para-hydroxylation sites is 1. The number of hydrogen-bond donors (Lipinski definition) is 2. The van der Waals surface area contributed by atoms with Gasteiger partial charge in [-0.15, -0.1) is 0 Å². The Bertz CT molecular complexity index is 406. The van der Waals surface area contributed by atoms with E-state index in [0.717, 1.165) is 36.4 Å². The molecule has 4 heteroatoms. The molecule has 1 atom stereocenters. The van der Waals surface area contributed by atoms with Crippen LogP contribution >= 0.6 is 0 Å². The van der Waals surface area contributed by atoms with Crippen LogP contribution in [0, 0.1) is 13.8 Å². The average molecular weight is 248 g/mol. The molecular formula is C14H20N2O2. The minimum Gasteiger partial charge on any atom is -0.483 e. The van der Waals surface area contributed by atoms with Crippen molar-refractivity contribution in [3.63, 3.8) is 0 Å². The maximum absolute atomic E-state index is 11.7. The van der Waals surface area contributed by atoms with Gasteiger partial charge in [0.1, 0.15) is 5.75 Å². The monoisotopic (exact) mass is 248 g/mol. The highest BCUT2D eigenvalue weighted by molar-refractivity contribution is 5.78. The molecule has 2 N–H and O–H groups in total. The van der Waals surface area contributed by atoms with Crippen LogP contribution in [-0.2, 0) is 4.79 Å². The Balaban J connectivity index is 1.85. The molecule has 0 saturated carbocycles. The smallest absolute Gasteiger partial charge is 0.258 e. The lowest BCUT2D eigenvalue weighted by atomic mass is 10.1. The molecule has 0 aromatic heterocycles. The summed E-state index contributed by atoms with van der Waals surface area (Å²) >= 11 is 0. The van der Waals surface area contributed by atoms with E-state index in [1.165, 1.54) is 0 Å². The van der Waals surface area contributed by atoms with Gasteiger partial charge in [-0.25, -0.2) is 0 Å². The molecule has 1 aliphatic heterocycles. The van der Waals surface area contributed by atoms with Crippen LogP contribution in [-0.4, -0.2) is 31.6 Å². The molecule has 1 amide bonds.